The third-order valence-electron chi connectivity index (χ3n) is 2.34. The highest BCUT2D eigenvalue weighted by Gasteiger charge is 2.13. The molecule has 0 spiro atoms. The Hall–Kier alpha value is -2.90. The number of anilines is 1. The molecular weight excluding hydrogens is 252 g/mol. The molecule has 2 aromatic rings. The third-order valence-corrected chi connectivity index (χ3v) is 2.34. The Kier molecular flexibility index (Phi) is 3.42. The number of rotatable bonds is 4. The maximum absolute atomic E-state index is 11.7. The lowest BCUT2D eigenvalue weighted by atomic mass is 10.2. The van der Waals surface area contributed by atoms with Crippen molar-refractivity contribution in [1.82, 2.24) is 15.4 Å². The van der Waals surface area contributed by atoms with E-state index < -0.39 is 11.9 Å². The molecule has 0 aliphatic rings. The summed E-state index contributed by atoms with van der Waals surface area (Å²) in [6.07, 6.45) is 1.28. The van der Waals surface area contributed by atoms with E-state index in [2.05, 4.69) is 20.7 Å². The number of carboxylic acids is 1. The highest BCUT2D eigenvalue weighted by molar-refractivity contribution is 6.03. The van der Waals surface area contributed by atoms with Crippen molar-refractivity contribution >= 4 is 17.6 Å². The lowest BCUT2D eigenvalue weighted by molar-refractivity contribution is 0.0693. The molecule has 98 valence electrons. The second-order valence-corrected chi connectivity index (χ2v) is 3.53. The standard InChI is InChI=1S/C11H10N4O4/c1-19-9-4-6(2-3-7(9)11(17)18)13-10(16)8-5-12-15-14-8/h2-5H,1H3,(H,13,16)(H,17,18)(H,12,14,15). The molecule has 0 atom stereocenters. The average molecular weight is 262 g/mol. The van der Waals surface area contributed by atoms with Crippen molar-refractivity contribution in [2.45, 2.75) is 0 Å². The van der Waals surface area contributed by atoms with Crippen LogP contribution in [0.5, 0.6) is 5.75 Å². The lowest BCUT2D eigenvalue weighted by Crippen LogP contribution is -2.13. The average Bonchev–Trinajstić information content (AvgIpc) is 2.92. The van der Waals surface area contributed by atoms with Gasteiger partial charge in [0, 0.05) is 11.8 Å². The Bertz CT molecular complexity index is 609. The highest BCUT2D eigenvalue weighted by Crippen LogP contribution is 2.23. The van der Waals surface area contributed by atoms with Crippen molar-refractivity contribution < 1.29 is 19.4 Å². The molecule has 0 radical (unpaired) electrons. The Morgan fingerprint density at radius 2 is 2.21 bits per heavy atom. The molecule has 2 rings (SSSR count). The molecular formula is C11H10N4O4. The highest BCUT2D eigenvalue weighted by atomic mass is 16.5. The van der Waals surface area contributed by atoms with Gasteiger partial charge >= 0.3 is 5.97 Å². The van der Waals surface area contributed by atoms with Crippen LogP contribution in [-0.2, 0) is 0 Å². The molecule has 1 aromatic heterocycles. The van der Waals surface area contributed by atoms with Crippen molar-refractivity contribution in [1.29, 1.82) is 0 Å². The first-order chi connectivity index (χ1) is 9.11. The second kappa shape index (κ2) is 5.17. The fourth-order valence-electron chi connectivity index (χ4n) is 1.45. The van der Waals surface area contributed by atoms with Crippen molar-refractivity contribution in [2.75, 3.05) is 12.4 Å². The number of H-pyrrole nitrogens is 1. The number of carbonyl (C=O) groups excluding carboxylic acids is 1. The van der Waals surface area contributed by atoms with E-state index in [4.69, 9.17) is 9.84 Å². The fraction of sp³-hybridized carbons (Fsp3) is 0.0909. The Labute approximate surface area is 107 Å². The molecule has 0 unspecified atom stereocenters. The van der Waals surface area contributed by atoms with E-state index in [9.17, 15) is 9.59 Å². The normalized spacial score (nSPS) is 9.95. The Morgan fingerprint density at radius 1 is 1.42 bits per heavy atom. The Morgan fingerprint density at radius 3 is 2.79 bits per heavy atom. The first kappa shape index (κ1) is 12.6. The summed E-state index contributed by atoms with van der Waals surface area (Å²) >= 11 is 0. The first-order valence-corrected chi connectivity index (χ1v) is 5.20. The predicted molar refractivity (Wildman–Crippen MR) is 64.3 cm³/mol. The molecule has 0 saturated carbocycles. The zero-order valence-corrected chi connectivity index (χ0v) is 9.88. The predicted octanol–water partition coefficient (Wildman–Crippen LogP) is 0.764. The van der Waals surface area contributed by atoms with Gasteiger partial charge in [0.15, 0.2) is 5.69 Å². The first-order valence-electron chi connectivity index (χ1n) is 5.20. The van der Waals surface area contributed by atoms with Gasteiger partial charge in [-0.1, -0.05) is 0 Å². The zero-order chi connectivity index (χ0) is 13.8. The molecule has 0 fully saturated rings. The summed E-state index contributed by atoms with van der Waals surface area (Å²) in [5.74, 6) is -1.41. The molecule has 8 nitrogen and oxygen atoms in total. The molecule has 1 heterocycles. The van der Waals surface area contributed by atoms with Crippen LogP contribution in [-0.4, -0.2) is 39.5 Å². The van der Waals surface area contributed by atoms with Crippen LogP contribution in [0.2, 0.25) is 0 Å². The smallest absolute Gasteiger partial charge is 0.339 e. The van der Waals surface area contributed by atoms with Crippen molar-refractivity contribution in [3.63, 3.8) is 0 Å². The molecule has 0 saturated heterocycles. The van der Waals surface area contributed by atoms with Gasteiger partial charge in [0.2, 0.25) is 0 Å². The minimum atomic E-state index is -1.11. The number of amides is 1. The van der Waals surface area contributed by atoms with Crippen LogP contribution < -0.4 is 10.1 Å². The minimum Gasteiger partial charge on any atom is -0.496 e. The van der Waals surface area contributed by atoms with Gasteiger partial charge in [-0.15, -0.1) is 0 Å². The number of aromatic carboxylic acids is 1. The summed E-state index contributed by atoms with van der Waals surface area (Å²) in [5, 5.41) is 20.9. The summed E-state index contributed by atoms with van der Waals surface area (Å²) in [6.45, 7) is 0. The summed E-state index contributed by atoms with van der Waals surface area (Å²) < 4.78 is 4.95. The van der Waals surface area contributed by atoms with Gasteiger partial charge in [-0.2, -0.15) is 15.4 Å². The van der Waals surface area contributed by atoms with E-state index >= 15 is 0 Å². The number of nitrogens with one attached hydrogen (secondary N) is 2. The summed E-state index contributed by atoms with van der Waals surface area (Å²) in [4.78, 5) is 22.6. The molecule has 1 aromatic carbocycles. The van der Waals surface area contributed by atoms with Crippen LogP contribution in [0, 0.1) is 0 Å². The molecule has 1 amide bonds. The van der Waals surface area contributed by atoms with Crippen LogP contribution >= 0.6 is 0 Å². The van der Waals surface area contributed by atoms with Crippen molar-refractivity contribution in [2.24, 2.45) is 0 Å². The Balaban J connectivity index is 2.22. The number of carbonyl (C=O) groups is 2. The zero-order valence-electron chi connectivity index (χ0n) is 9.88. The molecule has 0 bridgehead atoms. The lowest BCUT2D eigenvalue weighted by Gasteiger charge is -2.08. The van der Waals surface area contributed by atoms with E-state index in [1.54, 1.807) is 0 Å². The van der Waals surface area contributed by atoms with E-state index in [1.165, 1.54) is 31.5 Å². The molecule has 0 aliphatic carbocycles. The van der Waals surface area contributed by atoms with Gasteiger partial charge < -0.3 is 15.2 Å². The number of hydrogen-bond donors (Lipinski definition) is 3. The molecule has 19 heavy (non-hydrogen) atoms. The molecule has 8 heteroatoms. The number of hydrogen-bond acceptors (Lipinski definition) is 5. The monoisotopic (exact) mass is 262 g/mol. The maximum Gasteiger partial charge on any atom is 0.339 e. The number of methoxy groups -OCH3 is 1. The van der Waals surface area contributed by atoms with Gasteiger partial charge in [0.05, 0.1) is 13.3 Å². The van der Waals surface area contributed by atoms with Crippen LogP contribution in [0.25, 0.3) is 0 Å². The summed E-state index contributed by atoms with van der Waals surface area (Å²) in [6, 6.07) is 4.23. The third kappa shape index (κ3) is 2.68. The summed E-state index contributed by atoms with van der Waals surface area (Å²) in [5.41, 5.74) is 0.540. The van der Waals surface area contributed by atoms with Crippen LogP contribution in [0.15, 0.2) is 24.4 Å². The number of carboxylic acid groups (broad SMARTS) is 1. The van der Waals surface area contributed by atoms with Crippen molar-refractivity contribution in [3.8, 4) is 5.75 Å². The van der Waals surface area contributed by atoms with Gasteiger partial charge in [-0.25, -0.2) is 4.79 Å². The van der Waals surface area contributed by atoms with E-state index in [-0.39, 0.29) is 17.0 Å². The number of ether oxygens (including phenoxy) is 1. The van der Waals surface area contributed by atoms with Gasteiger partial charge in [0.1, 0.15) is 11.3 Å². The number of aromatic amines is 1. The van der Waals surface area contributed by atoms with Gasteiger partial charge in [0.25, 0.3) is 5.91 Å². The number of aromatic nitrogens is 3. The fourth-order valence-corrected chi connectivity index (χ4v) is 1.45. The quantitative estimate of drug-likeness (QED) is 0.748. The van der Waals surface area contributed by atoms with E-state index in [1.807, 2.05) is 0 Å². The minimum absolute atomic E-state index is 0.0157. The van der Waals surface area contributed by atoms with Gasteiger partial charge in [-0.05, 0) is 12.1 Å². The van der Waals surface area contributed by atoms with Gasteiger partial charge in [-0.3, -0.25) is 4.79 Å². The SMILES string of the molecule is COc1cc(NC(=O)c2cn[nH]n2)ccc1C(=O)O. The van der Waals surface area contributed by atoms with E-state index in [0.29, 0.717) is 5.69 Å². The summed E-state index contributed by atoms with van der Waals surface area (Å²) in [7, 11) is 1.35. The molecule has 0 aliphatic heterocycles. The topological polar surface area (TPSA) is 117 Å². The molecule has 3 N–H and O–H groups in total. The van der Waals surface area contributed by atoms with Crippen molar-refractivity contribution in [3.05, 3.63) is 35.7 Å². The van der Waals surface area contributed by atoms with Crippen LogP contribution in [0.4, 0.5) is 5.69 Å². The number of nitrogens with zero attached hydrogens (tertiary/aromatic N) is 2. The largest absolute Gasteiger partial charge is 0.496 e. The second-order valence-electron chi connectivity index (χ2n) is 3.53. The van der Waals surface area contributed by atoms with E-state index in [0.717, 1.165) is 0 Å². The van der Waals surface area contributed by atoms with Crippen LogP contribution in [0.3, 0.4) is 0 Å². The van der Waals surface area contributed by atoms with Crippen LogP contribution in [0.1, 0.15) is 20.8 Å². The maximum atomic E-state index is 11.7. The number of benzene rings is 1.